The van der Waals surface area contributed by atoms with Gasteiger partial charge in [-0.15, -0.1) is 0 Å². The molecule has 0 unspecified atom stereocenters. The Balaban J connectivity index is 2.10. The van der Waals surface area contributed by atoms with Crippen molar-refractivity contribution in [3.63, 3.8) is 0 Å². The molecule has 0 aliphatic heterocycles. The van der Waals surface area contributed by atoms with E-state index in [0.717, 1.165) is 27.5 Å². The van der Waals surface area contributed by atoms with Crippen LogP contribution in [0, 0.1) is 0 Å². The van der Waals surface area contributed by atoms with Gasteiger partial charge in [-0.05, 0) is 42.3 Å². The molecule has 2 nitrogen and oxygen atoms in total. The quantitative estimate of drug-likeness (QED) is 0.882. The second kappa shape index (κ2) is 6.64. The Morgan fingerprint density at radius 2 is 1.84 bits per heavy atom. The van der Waals surface area contributed by atoms with E-state index in [4.69, 9.17) is 4.74 Å². The second-order valence-corrected chi connectivity index (χ2v) is 5.42. The molecule has 3 heteroatoms. The topological polar surface area (TPSA) is 29.5 Å². The lowest BCUT2D eigenvalue weighted by Gasteiger charge is -2.09. The summed E-state index contributed by atoms with van der Waals surface area (Å²) < 4.78 is 5.21. The molecule has 0 spiro atoms. The minimum absolute atomic E-state index is 0.365. The number of hydrogen-bond acceptors (Lipinski definition) is 3. The van der Waals surface area contributed by atoms with Gasteiger partial charge >= 0.3 is 0 Å². The molecule has 0 aliphatic carbocycles. The summed E-state index contributed by atoms with van der Waals surface area (Å²) in [5, 5.41) is 9.75. The standard InChI is InChI=1S/C16H18O2S/c1-3-16(17)12-7-9-14(10-8-12)19-15-6-4-5-13(11-15)18-2/h4-11,16-17H,3H2,1-2H3/t16-/m1/s1. The van der Waals surface area contributed by atoms with Crippen LogP contribution in [0.5, 0.6) is 5.75 Å². The minimum atomic E-state index is -0.365. The average molecular weight is 274 g/mol. The first-order valence-corrected chi connectivity index (χ1v) is 7.14. The van der Waals surface area contributed by atoms with Gasteiger partial charge in [0.05, 0.1) is 13.2 Å². The molecule has 1 atom stereocenters. The Morgan fingerprint density at radius 3 is 2.47 bits per heavy atom. The number of ether oxygens (including phenoxy) is 1. The van der Waals surface area contributed by atoms with E-state index in [1.165, 1.54) is 0 Å². The summed E-state index contributed by atoms with van der Waals surface area (Å²) >= 11 is 1.68. The van der Waals surface area contributed by atoms with Crippen molar-refractivity contribution in [2.75, 3.05) is 7.11 Å². The Kier molecular flexibility index (Phi) is 4.88. The van der Waals surface area contributed by atoms with E-state index in [-0.39, 0.29) is 6.10 Å². The van der Waals surface area contributed by atoms with Gasteiger partial charge in [-0.3, -0.25) is 0 Å². The van der Waals surface area contributed by atoms with Crippen LogP contribution >= 0.6 is 11.8 Å². The summed E-state index contributed by atoms with van der Waals surface area (Å²) in [5.74, 6) is 0.864. The Hall–Kier alpha value is -1.45. The zero-order valence-corrected chi connectivity index (χ0v) is 12.0. The summed E-state index contributed by atoms with van der Waals surface area (Å²) in [5.41, 5.74) is 0.970. The van der Waals surface area contributed by atoms with Crippen LogP contribution in [0.2, 0.25) is 0 Å². The number of aliphatic hydroxyl groups is 1. The average Bonchev–Trinajstić information content (AvgIpc) is 2.47. The molecule has 0 saturated heterocycles. The lowest BCUT2D eigenvalue weighted by atomic mass is 10.1. The van der Waals surface area contributed by atoms with E-state index >= 15 is 0 Å². The van der Waals surface area contributed by atoms with Crippen LogP contribution < -0.4 is 4.74 Å². The maximum atomic E-state index is 9.75. The predicted molar refractivity (Wildman–Crippen MR) is 78.8 cm³/mol. The lowest BCUT2D eigenvalue weighted by Crippen LogP contribution is -1.93. The van der Waals surface area contributed by atoms with Gasteiger partial charge in [-0.25, -0.2) is 0 Å². The maximum absolute atomic E-state index is 9.75. The van der Waals surface area contributed by atoms with Gasteiger partial charge in [0.1, 0.15) is 5.75 Å². The molecule has 0 heterocycles. The first-order valence-electron chi connectivity index (χ1n) is 6.33. The van der Waals surface area contributed by atoms with Gasteiger partial charge in [-0.1, -0.05) is 36.9 Å². The van der Waals surface area contributed by atoms with Gasteiger partial charge in [-0.2, -0.15) is 0 Å². The van der Waals surface area contributed by atoms with Crippen molar-refractivity contribution in [1.29, 1.82) is 0 Å². The molecule has 0 bridgehead atoms. The third-order valence-electron chi connectivity index (χ3n) is 2.93. The Morgan fingerprint density at radius 1 is 1.11 bits per heavy atom. The fourth-order valence-corrected chi connectivity index (χ4v) is 2.66. The molecule has 100 valence electrons. The fourth-order valence-electron chi connectivity index (χ4n) is 1.79. The smallest absolute Gasteiger partial charge is 0.119 e. The van der Waals surface area contributed by atoms with E-state index in [9.17, 15) is 5.11 Å². The first kappa shape index (κ1) is 14.0. The number of aliphatic hydroxyl groups excluding tert-OH is 1. The molecule has 0 amide bonds. The third-order valence-corrected chi connectivity index (χ3v) is 3.93. The van der Waals surface area contributed by atoms with Gasteiger partial charge in [0.25, 0.3) is 0 Å². The zero-order chi connectivity index (χ0) is 13.7. The first-order chi connectivity index (χ1) is 9.22. The summed E-state index contributed by atoms with van der Waals surface area (Å²) in [6.07, 6.45) is 0.374. The molecular weight excluding hydrogens is 256 g/mol. The molecule has 2 rings (SSSR count). The van der Waals surface area contributed by atoms with Gasteiger partial charge in [0, 0.05) is 9.79 Å². The molecule has 0 aromatic heterocycles. The van der Waals surface area contributed by atoms with Crippen LogP contribution in [0.4, 0.5) is 0 Å². The molecule has 0 fully saturated rings. The highest BCUT2D eigenvalue weighted by atomic mass is 32.2. The van der Waals surface area contributed by atoms with E-state index in [1.807, 2.05) is 49.4 Å². The van der Waals surface area contributed by atoms with Crippen molar-refractivity contribution < 1.29 is 9.84 Å². The highest BCUT2D eigenvalue weighted by Gasteiger charge is 2.05. The SMILES string of the molecule is CC[C@@H](O)c1ccc(Sc2cccc(OC)c2)cc1. The van der Waals surface area contributed by atoms with E-state index in [0.29, 0.717) is 0 Å². The second-order valence-electron chi connectivity index (χ2n) is 4.27. The summed E-state index contributed by atoms with van der Waals surface area (Å²) in [4.78, 5) is 2.29. The fraction of sp³-hybridized carbons (Fsp3) is 0.250. The monoisotopic (exact) mass is 274 g/mol. The van der Waals surface area contributed by atoms with Crippen molar-refractivity contribution in [3.05, 3.63) is 54.1 Å². The zero-order valence-electron chi connectivity index (χ0n) is 11.2. The third kappa shape index (κ3) is 3.75. The summed E-state index contributed by atoms with van der Waals surface area (Å²) in [6, 6.07) is 16.0. The van der Waals surface area contributed by atoms with E-state index in [1.54, 1.807) is 18.9 Å². The van der Waals surface area contributed by atoms with Crippen LogP contribution in [0.25, 0.3) is 0 Å². The van der Waals surface area contributed by atoms with E-state index < -0.39 is 0 Å². The van der Waals surface area contributed by atoms with Crippen LogP contribution in [-0.2, 0) is 0 Å². The van der Waals surface area contributed by atoms with Crippen LogP contribution in [-0.4, -0.2) is 12.2 Å². The van der Waals surface area contributed by atoms with Crippen LogP contribution in [0.15, 0.2) is 58.3 Å². The Labute approximate surface area is 118 Å². The number of benzene rings is 2. The molecule has 0 radical (unpaired) electrons. The van der Waals surface area contributed by atoms with Crippen molar-refractivity contribution in [3.8, 4) is 5.75 Å². The molecule has 0 saturated carbocycles. The summed E-state index contributed by atoms with van der Waals surface area (Å²) in [7, 11) is 1.67. The minimum Gasteiger partial charge on any atom is -0.497 e. The van der Waals surface area contributed by atoms with Crippen molar-refractivity contribution in [2.45, 2.75) is 29.2 Å². The van der Waals surface area contributed by atoms with Gasteiger partial charge in [0.15, 0.2) is 0 Å². The highest BCUT2D eigenvalue weighted by Crippen LogP contribution is 2.30. The number of hydrogen-bond donors (Lipinski definition) is 1. The van der Waals surface area contributed by atoms with E-state index in [2.05, 4.69) is 6.07 Å². The molecule has 1 N–H and O–H groups in total. The molecular formula is C16H18O2S. The lowest BCUT2D eigenvalue weighted by molar-refractivity contribution is 0.173. The van der Waals surface area contributed by atoms with Crippen LogP contribution in [0.1, 0.15) is 25.0 Å². The number of rotatable bonds is 5. The van der Waals surface area contributed by atoms with Crippen LogP contribution in [0.3, 0.4) is 0 Å². The number of methoxy groups -OCH3 is 1. The van der Waals surface area contributed by atoms with Gasteiger partial charge in [0.2, 0.25) is 0 Å². The molecule has 2 aromatic carbocycles. The predicted octanol–water partition coefficient (Wildman–Crippen LogP) is 4.29. The molecule has 0 aliphatic rings. The molecule has 2 aromatic rings. The largest absolute Gasteiger partial charge is 0.497 e. The summed E-state index contributed by atoms with van der Waals surface area (Å²) in [6.45, 7) is 1.98. The van der Waals surface area contributed by atoms with Crippen molar-refractivity contribution >= 4 is 11.8 Å². The Bertz CT molecular complexity index is 523. The van der Waals surface area contributed by atoms with Crippen molar-refractivity contribution in [1.82, 2.24) is 0 Å². The van der Waals surface area contributed by atoms with Gasteiger partial charge < -0.3 is 9.84 Å². The highest BCUT2D eigenvalue weighted by molar-refractivity contribution is 7.99. The van der Waals surface area contributed by atoms with Crippen molar-refractivity contribution in [2.24, 2.45) is 0 Å². The normalized spacial score (nSPS) is 12.2. The maximum Gasteiger partial charge on any atom is 0.119 e. The molecule has 19 heavy (non-hydrogen) atoms.